The first-order valence-corrected chi connectivity index (χ1v) is 6.71. The number of aromatic nitrogens is 5. The SMILES string of the molecule is Cc1cccnc1CCNc1nc2c(cnn2C)c(=O)[nH]1. The molecule has 0 saturated carbocycles. The number of fused-ring (bicyclic) bond motifs is 1. The van der Waals surface area contributed by atoms with Gasteiger partial charge in [-0.1, -0.05) is 6.07 Å². The van der Waals surface area contributed by atoms with Crippen LogP contribution in [0.4, 0.5) is 5.95 Å². The van der Waals surface area contributed by atoms with Crippen molar-refractivity contribution < 1.29 is 0 Å². The van der Waals surface area contributed by atoms with Crippen molar-refractivity contribution in [1.82, 2.24) is 24.7 Å². The highest BCUT2D eigenvalue weighted by atomic mass is 16.1. The third kappa shape index (κ3) is 2.62. The van der Waals surface area contributed by atoms with Crippen LogP contribution in [0.3, 0.4) is 0 Å². The van der Waals surface area contributed by atoms with Gasteiger partial charge in [0.05, 0.1) is 6.20 Å². The van der Waals surface area contributed by atoms with E-state index in [9.17, 15) is 4.79 Å². The minimum absolute atomic E-state index is 0.190. The number of rotatable bonds is 4. The van der Waals surface area contributed by atoms with Gasteiger partial charge in [-0.3, -0.25) is 19.4 Å². The van der Waals surface area contributed by atoms with Gasteiger partial charge in [-0.2, -0.15) is 10.1 Å². The van der Waals surface area contributed by atoms with Crippen LogP contribution in [0.15, 0.2) is 29.3 Å². The van der Waals surface area contributed by atoms with Crippen molar-refractivity contribution in [3.63, 3.8) is 0 Å². The Morgan fingerprint density at radius 1 is 1.43 bits per heavy atom. The summed E-state index contributed by atoms with van der Waals surface area (Å²) < 4.78 is 1.58. The summed E-state index contributed by atoms with van der Waals surface area (Å²) in [6.45, 7) is 2.67. The molecule has 0 aliphatic rings. The van der Waals surface area contributed by atoms with E-state index < -0.39 is 0 Å². The van der Waals surface area contributed by atoms with Gasteiger partial charge in [-0.05, 0) is 18.6 Å². The molecular formula is C14H16N6O. The smallest absolute Gasteiger partial charge is 0.263 e. The summed E-state index contributed by atoms with van der Waals surface area (Å²) in [4.78, 5) is 23.3. The van der Waals surface area contributed by atoms with Crippen LogP contribution in [-0.4, -0.2) is 31.3 Å². The molecule has 0 amide bonds. The zero-order chi connectivity index (χ0) is 14.8. The first kappa shape index (κ1) is 13.3. The number of hydrogen-bond acceptors (Lipinski definition) is 5. The van der Waals surface area contributed by atoms with E-state index in [-0.39, 0.29) is 5.56 Å². The number of nitrogens with zero attached hydrogens (tertiary/aromatic N) is 4. The third-order valence-corrected chi connectivity index (χ3v) is 3.37. The fourth-order valence-electron chi connectivity index (χ4n) is 2.20. The fraction of sp³-hybridized carbons (Fsp3) is 0.286. The normalized spacial score (nSPS) is 11.0. The molecule has 108 valence electrons. The molecule has 0 aliphatic carbocycles. The Labute approximate surface area is 121 Å². The van der Waals surface area contributed by atoms with Gasteiger partial charge < -0.3 is 5.32 Å². The molecule has 3 heterocycles. The molecule has 0 atom stereocenters. The molecule has 7 nitrogen and oxygen atoms in total. The van der Waals surface area contributed by atoms with Crippen LogP contribution in [0.5, 0.6) is 0 Å². The van der Waals surface area contributed by atoms with Crippen molar-refractivity contribution in [2.75, 3.05) is 11.9 Å². The summed E-state index contributed by atoms with van der Waals surface area (Å²) in [5.41, 5.74) is 2.57. The number of aromatic amines is 1. The maximum Gasteiger partial charge on any atom is 0.263 e. The van der Waals surface area contributed by atoms with Gasteiger partial charge in [0.2, 0.25) is 5.95 Å². The zero-order valence-corrected chi connectivity index (χ0v) is 11.9. The average Bonchev–Trinajstić information content (AvgIpc) is 2.83. The van der Waals surface area contributed by atoms with E-state index in [0.717, 1.165) is 17.7 Å². The lowest BCUT2D eigenvalue weighted by atomic mass is 10.2. The van der Waals surface area contributed by atoms with E-state index in [4.69, 9.17) is 0 Å². The van der Waals surface area contributed by atoms with Gasteiger partial charge in [0.25, 0.3) is 5.56 Å². The van der Waals surface area contributed by atoms with Gasteiger partial charge in [-0.25, -0.2) is 0 Å². The van der Waals surface area contributed by atoms with Crippen LogP contribution in [0, 0.1) is 6.92 Å². The van der Waals surface area contributed by atoms with E-state index in [1.54, 1.807) is 17.9 Å². The number of hydrogen-bond donors (Lipinski definition) is 2. The molecule has 0 aromatic carbocycles. The first-order chi connectivity index (χ1) is 10.1. The maximum atomic E-state index is 11.9. The van der Waals surface area contributed by atoms with Gasteiger partial charge >= 0.3 is 0 Å². The molecule has 3 rings (SSSR count). The Morgan fingerprint density at radius 2 is 2.29 bits per heavy atom. The number of nitrogens with one attached hydrogen (secondary N) is 2. The monoisotopic (exact) mass is 284 g/mol. The second-order valence-electron chi connectivity index (χ2n) is 4.86. The number of H-pyrrole nitrogens is 1. The molecule has 0 bridgehead atoms. The molecular weight excluding hydrogens is 268 g/mol. The molecule has 0 unspecified atom stereocenters. The van der Waals surface area contributed by atoms with Crippen molar-refractivity contribution >= 4 is 17.0 Å². The summed E-state index contributed by atoms with van der Waals surface area (Å²) in [5.74, 6) is 0.449. The molecule has 21 heavy (non-hydrogen) atoms. The Morgan fingerprint density at radius 3 is 3.10 bits per heavy atom. The highest BCUT2D eigenvalue weighted by molar-refractivity contribution is 5.74. The number of anilines is 1. The largest absolute Gasteiger partial charge is 0.355 e. The van der Waals surface area contributed by atoms with Crippen LogP contribution in [0.25, 0.3) is 11.0 Å². The molecule has 3 aromatic rings. The zero-order valence-electron chi connectivity index (χ0n) is 11.9. The maximum absolute atomic E-state index is 11.9. The Balaban J connectivity index is 1.75. The Kier molecular flexibility index (Phi) is 3.39. The van der Waals surface area contributed by atoms with Crippen molar-refractivity contribution in [3.8, 4) is 0 Å². The molecule has 0 aliphatic heterocycles. The second-order valence-corrected chi connectivity index (χ2v) is 4.86. The van der Waals surface area contributed by atoms with Crippen molar-refractivity contribution in [3.05, 3.63) is 46.1 Å². The molecule has 2 N–H and O–H groups in total. The highest BCUT2D eigenvalue weighted by Crippen LogP contribution is 2.07. The second kappa shape index (κ2) is 5.35. The van der Waals surface area contributed by atoms with E-state index >= 15 is 0 Å². The lowest BCUT2D eigenvalue weighted by molar-refractivity contribution is 0.785. The first-order valence-electron chi connectivity index (χ1n) is 6.71. The molecule has 0 saturated heterocycles. The summed E-state index contributed by atoms with van der Waals surface area (Å²) in [5, 5.41) is 7.65. The average molecular weight is 284 g/mol. The van der Waals surface area contributed by atoms with Crippen LogP contribution < -0.4 is 10.9 Å². The van der Waals surface area contributed by atoms with E-state index in [0.29, 0.717) is 23.5 Å². The fourth-order valence-corrected chi connectivity index (χ4v) is 2.20. The third-order valence-electron chi connectivity index (χ3n) is 3.37. The van der Waals surface area contributed by atoms with Crippen LogP contribution in [0.1, 0.15) is 11.3 Å². The van der Waals surface area contributed by atoms with Gasteiger partial charge in [-0.15, -0.1) is 0 Å². The molecule has 7 heteroatoms. The molecule has 0 radical (unpaired) electrons. The van der Waals surface area contributed by atoms with Crippen molar-refractivity contribution in [2.45, 2.75) is 13.3 Å². The van der Waals surface area contributed by atoms with Crippen molar-refractivity contribution in [2.24, 2.45) is 7.05 Å². The summed E-state index contributed by atoms with van der Waals surface area (Å²) in [7, 11) is 1.76. The van der Waals surface area contributed by atoms with Crippen LogP contribution >= 0.6 is 0 Å². The topological polar surface area (TPSA) is 88.5 Å². The lowest BCUT2D eigenvalue weighted by Gasteiger charge is -2.07. The number of pyridine rings is 1. The number of aryl methyl sites for hydroxylation is 2. The summed E-state index contributed by atoms with van der Waals surface area (Å²) >= 11 is 0. The highest BCUT2D eigenvalue weighted by Gasteiger charge is 2.07. The van der Waals surface area contributed by atoms with Gasteiger partial charge in [0.15, 0.2) is 5.65 Å². The quantitative estimate of drug-likeness (QED) is 0.746. The van der Waals surface area contributed by atoms with E-state index in [1.807, 2.05) is 19.1 Å². The predicted molar refractivity (Wildman–Crippen MR) is 80.3 cm³/mol. The lowest BCUT2D eigenvalue weighted by Crippen LogP contribution is -2.15. The van der Waals surface area contributed by atoms with Crippen molar-refractivity contribution in [1.29, 1.82) is 0 Å². The van der Waals surface area contributed by atoms with Gasteiger partial charge in [0.1, 0.15) is 5.39 Å². The predicted octanol–water partition coefficient (Wildman–Crippen LogP) is 1.01. The van der Waals surface area contributed by atoms with Crippen LogP contribution in [0.2, 0.25) is 0 Å². The molecule has 3 aromatic heterocycles. The van der Waals surface area contributed by atoms with E-state index in [1.165, 1.54) is 6.20 Å². The van der Waals surface area contributed by atoms with Crippen LogP contribution in [-0.2, 0) is 13.5 Å². The standard InChI is InChI=1S/C14H16N6O/c1-9-4-3-6-15-11(9)5-7-16-14-18-12-10(13(21)19-14)8-17-20(12)2/h3-4,6,8H,5,7H2,1-2H3,(H2,16,18,19,21). The summed E-state index contributed by atoms with van der Waals surface area (Å²) in [6, 6.07) is 3.95. The minimum atomic E-state index is -0.190. The molecule has 0 spiro atoms. The van der Waals surface area contributed by atoms with E-state index in [2.05, 4.69) is 25.4 Å². The molecule has 0 fully saturated rings. The summed E-state index contributed by atoms with van der Waals surface area (Å²) in [6.07, 6.45) is 4.06. The Hall–Kier alpha value is -2.70. The van der Waals surface area contributed by atoms with Gasteiger partial charge in [0, 0.05) is 31.9 Å². The minimum Gasteiger partial charge on any atom is -0.355 e. The Bertz CT molecular complexity index is 835.